The van der Waals surface area contributed by atoms with Gasteiger partial charge in [0.2, 0.25) is 0 Å². The Labute approximate surface area is 129 Å². The molecule has 0 saturated heterocycles. The molecule has 0 aliphatic heterocycles. The van der Waals surface area contributed by atoms with Gasteiger partial charge in [-0.25, -0.2) is 0 Å². The summed E-state index contributed by atoms with van der Waals surface area (Å²) in [4.78, 5) is 14.3. The topological polar surface area (TPSA) is 63.3 Å². The van der Waals surface area contributed by atoms with Gasteiger partial charge in [-0.2, -0.15) is 0 Å². The van der Waals surface area contributed by atoms with Gasteiger partial charge in [0.25, 0.3) is 0 Å². The van der Waals surface area contributed by atoms with Crippen molar-refractivity contribution >= 4 is 17.3 Å². The van der Waals surface area contributed by atoms with Gasteiger partial charge in [-0.1, -0.05) is 36.8 Å². The van der Waals surface area contributed by atoms with Gasteiger partial charge < -0.3 is 10.8 Å². The van der Waals surface area contributed by atoms with E-state index in [0.29, 0.717) is 6.42 Å². The normalized spacial score (nSPS) is 13.9. The molecule has 21 heavy (non-hydrogen) atoms. The van der Waals surface area contributed by atoms with E-state index < -0.39 is 11.4 Å². The first-order valence-electron chi connectivity index (χ1n) is 7.10. The number of carbonyl (C=O) groups is 1. The first-order valence-corrected chi connectivity index (χ1v) is 7.91. The highest BCUT2D eigenvalue weighted by Crippen LogP contribution is 2.31. The predicted molar refractivity (Wildman–Crippen MR) is 86.9 cm³/mol. The highest BCUT2D eigenvalue weighted by molar-refractivity contribution is 7.12. The number of benzene rings is 1. The van der Waals surface area contributed by atoms with E-state index in [1.54, 1.807) is 11.3 Å². The van der Waals surface area contributed by atoms with Crippen molar-refractivity contribution in [3.63, 3.8) is 0 Å². The highest BCUT2D eigenvalue weighted by Gasteiger charge is 2.39. The van der Waals surface area contributed by atoms with Gasteiger partial charge in [0.1, 0.15) is 5.41 Å². The van der Waals surface area contributed by atoms with Crippen LogP contribution in [0.15, 0.2) is 36.4 Å². The van der Waals surface area contributed by atoms with Crippen molar-refractivity contribution in [2.45, 2.75) is 32.1 Å². The molecule has 112 valence electrons. The molecule has 3 nitrogen and oxygen atoms in total. The summed E-state index contributed by atoms with van der Waals surface area (Å²) in [7, 11) is 0. The SMILES string of the molecule is CCc1ccc(CC(CN)(C(=O)O)c2ccc(C)cc2)s1. The number of hydrogen-bond acceptors (Lipinski definition) is 3. The molecule has 0 amide bonds. The number of carboxylic acids is 1. The van der Waals surface area contributed by atoms with Gasteiger partial charge in [0.05, 0.1) is 0 Å². The Morgan fingerprint density at radius 2 is 1.81 bits per heavy atom. The zero-order valence-corrected chi connectivity index (χ0v) is 13.2. The Hall–Kier alpha value is -1.65. The van der Waals surface area contributed by atoms with E-state index in [9.17, 15) is 9.90 Å². The second kappa shape index (κ2) is 6.41. The molecule has 0 saturated carbocycles. The van der Waals surface area contributed by atoms with E-state index in [1.165, 1.54) is 4.88 Å². The quantitative estimate of drug-likeness (QED) is 0.861. The average molecular weight is 303 g/mol. The van der Waals surface area contributed by atoms with Crippen molar-refractivity contribution in [2.24, 2.45) is 5.73 Å². The minimum absolute atomic E-state index is 0.0880. The number of thiophene rings is 1. The fourth-order valence-electron chi connectivity index (χ4n) is 2.46. The molecular formula is C17H21NO2S. The van der Waals surface area contributed by atoms with Gasteiger partial charge >= 0.3 is 5.97 Å². The minimum atomic E-state index is -1.05. The Balaban J connectivity index is 2.41. The summed E-state index contributed by atoms with van der Waals surface area (Å²) in [5, 5.41) is 9.80. The molecule has 0 aliphatic carbocycles. The molecule has 4 heteroatoms. The summed E-state index contributed by atoms with van der Waals surface area (Å²) in [6, 6.07) is 11.7. The van der Waals surface area contributed by atoms with Crippen LogP contribution in [-0.4, -0.2) is 17.6 Å². The minimum Gasteiger partial charge on any atom is -0.481 e. The van der Waals surface area contributed by atoms with Crippen molar-refractivity contribution in [3.8, 4) is 0 Å². The molecule has 1 unspecified atom stereocenters. The molecule has 1 aromatic heterocycles. The number of carboxylic acid groups (broad SMARTS) is 1. The number of hydrogen-bond donors (Lipinski definition) is 2. The van der Waals surface area contributed by atoms with E-state index in [1.807, 2.05) is 37.3 Å². The number of aliphatic carboxylic acids is 1. The number of rotatable bonds is 6. The number of nitrogens with two attached hydrogens (primary N) is 1. The maximum atomic E-state index is 11.9. The van der Waals surface area contributed by atoms with E-state index in [4.69, 9.17) is 5.73 Å². The fourth-order valence-corrected chi connectivity index (χ4v) is 3.53. The maximum Gasteiger partial charge on any atom is 0.315 e. The van der Waals surface area contributed by atoms with Crippen LogP contribution in [0.4, 0.5) is 0 Å². The zero-order valence-electron chi connectivity index (χ0n) is 12.4. The molecule has 0 bridgehead atoms. The molecule has 3 N–H and O–H groups in total. The molecule has 0 spiro atoms. The lowest BCUT2D eigenvalue weighted by atomic mass is 9.77. The summed E-state index contributed by atoms with van der Waals surface area (Å²) in [6.45, 7) is 4.18. The molecule has 0 fully saturated rings. The van der Waals surface area contributed by atoms with Crippen LogP contribution in [0, 0.1) is 6.92 Å². The van der Waals surface area contributed by atoms with Crippen LogP contribution in [0.2, 0.25) is 0 Å². The predicted octanol–water partition coefficient (Wildman–Crippen LogP) is 3.14. The van der Waals surface area contributed by atoms with Crippen molar-refractivity contribution in [1.29, 1.82) is 0 Å². The Morgan fingerprint density at radius 3 is 2.29 bits per heavy atom. The van der Waals surface area contributed by atoms with Gasteiger partial charge in [0, 0.05) is 22.7 Å². The first-order chi connectivity index (χ1) is 10.0. The fraction of sp³-hybridized carbons (Fsp3) is 0.353. The second-order valence-corrected chi connectivity index (χ2v) is 6.61. The molecule has 1 atom stereocenters. The molecule has 0 aliphatic rings. The lowest BCUT2D eigenvalue weighted by molar-refractivity contribution is -0.143. The lowest BCUT2D eigenvalue weighted by Crippen LogP contribution is -2.44. The van der Waals surface area contributed by atoms with Crippen LogP contribution in [-0.2, 0) is 23.1 Å². The van der Waals surface area contributed by atoms with E-state index in [2.05, 4.69) is 13.0 Å². The number of aryl methyl sites for hydroxylation is 2. The summed E-state index contributed by atoms with van der Waals surface area (Å²) in [5.74, 6) is -0.861. The highest BCUT2D eigenvalue weighted by atomic mass is 32.1. The van der Waals surface area contributed by atoms with Gasteiger partial charge in [-0.05, 0) is 31.0 Å². The van der Waals surface area contributed by atoms with Crippen molar-refractivity contribution < 1.29 is 9.90 Å². The van der Waals surface area contributed by atoms with E-state index in [-0.39, 0.29) is 6.54 Å². The summed E-state index contributed by atoms with van der Waals surface area (Å²) < 4.78 is 0. The van der Waals surface area contributed by atoms with Crippen molar-refractivity contribution in [1.82, 2.24) is 0 Å². The van der Waals surface area contributed by atoms with Crippen molar-refractivity contribution in [3.05, 3.63) is 57.3 Å². The molecule has 2 aromatic rings. The van der Waals surface area contributed by atoms with Crippen LogP contribution >= 0.6 is 11.3 Å². The summed E-state index contributed by atoms with van der Waals surface area (Å²) in [5.41, 5.74) is 6.72. The van der Waals surface area contributed by atoms with Crippen LogP contribution in [0.25, 0.3) is 0 Å². The van der Waals surface area contributed by atoms with Gasteiger partial charge in [-0.15, -0.1) is 11.3 Å². The Morgan fingerprint density at radius 1 is 1.19 bits per heavy atom. The van der Waals surface area contributed by atoms with Crippen molar-refractivity contribution in [2.75, 3.05) is 6.54 Å². The standard InChI is InChI=1S/C17H21NO2S/c1-3-14-8-9-15(21-14)10-17(11-18,16(19)20)13-6-4-12(2)5-7-13/h4-9H,3,10-11,18H2,1-2H3,(H,19,20). The van der Waals surface area contributed by atoms with Crippen LogP contribution in [0.3, 0.4) is 0 Å². The van der Waals surface area contributed by atoms with Crippen LogP contribution in [0.1, 0.15) is 27.8 Å². The monoisotopic (exact) mass is 303 g/mol. The largest absolute Gasteiger partial charge is 0.481 e. The average Bonchev–Trinajstić information content (AvgIpc) is 2.93. The first kappa shape index (κ1) is 15.7. The summed E-state index contributed by atoms with van der Waals surface area (Å²) in [6.07, 6.45) is 1.41. The van der Waals surface area contributed by atoms with Gasteiger partial charge in [-0.3, -0.25) is 4.79 Å². The maximum absolute atomic E-state index is 11.9. The molecule has 0 radical (unpaired) electrons. The third kappa shape index (κ3) is 3.17. The van der Waals surface area contributed by atoms with Crippen LogP contribution < -0.4 is 5.73 Å². The van der Waals surface area contributed by atoms with Crippen LogP contribution in [0.5, 0.6) is 0 Å². The third-order valence-corrected chi connectivity index (χ3v) is 5.13. The molecule has 1 heterocycles. The molecule has 1 aromatic carbocycles. The van der Waals surface area contributed by atoms with E-state index >= 15 is 0 Å². The zero-order chi connectivity index (χ0) is 15.5. The second-order valence-electron chi connectivity index (χ2n) is 5.36. The van der Waals surface area contributed by atoms with E-state index in [0.717, 1.165) is 22.4 Å². The lowest BCUT2D eigenvalue weighted by Gasteiger charge is -2.28. The summed E-state index contributed by atoms with van der Waals surface area (Å²) >= 11 is 1.67. The van der Waals surface area contributed by atoms with Gasteiger partial charge in [0.15, 0.2) is 0 Å². The molecular weight excluding hydrogens is 282 g/mol. The molecule has 2 rings (SSSR count). The smallest absolute Gasteiger partial charge is 0.315 e. The third-order valence-electron chi connectivity index (χ3n) is 3.90. The Kier molecular flexibility index (Phi) is 4.80. The Bertz CT molecular complexity index is 618.